The van der Waals surface area contributed by atoms with Crippen molar-refractivity contribution >= 4 is 5.97 Å². The van der Waals surface area contributed by atoms with E-state index in [1.165, 1.54) is 0 Å². The first-order valence-corrected chi connectivity index (χ1v) is 5.20. The van der Waals surface area contributed by atoms with Crippen molar-refractivity contribution in [2.45, 2.75) is 26.3 Å². The molecule has 0 amide bonds. The maximum absolute atomic E-state index is 10.9. The fourth-order valence-corrected chi connectivity index (χ4v) is 1.38. The van der Waals surface area contributed by atoms with Crippen molar-refractivity contribution in [3.05, 3.63) is 35.4 Å². The number of ether oxygens (including phenoxy) is 1. The van der Waals surface area contributed by atoms with E-state index >= 15 is 0 Å². The Kier molecular flexibility index (Phi) is 4.84. The van der Waals surface area contributed by atoms with Gasteiger partial charge in [-0.3, -0.25) is 4.79 Å². The van der Waals surface area contributed by atoms with E-state index in [0.29, 0.717) is 19.6 Å². The molecule has 82 valence electrons. The van der Waals surface area contributed by atoms with Crippen molar-refractivity contribution in [1.82, 2.24) is 0 Å². The third-order valence-electron chi connectivity index (χ3n) is 2.26. The minimum Gasteiger partial charge on any atom is -0.465 e. The fraction of sp³-hybridized carbons (Fsp3) is 0.417. The predicted octanol–water partition coefficient (Wildman–Crippen LogP) is 1.64. The molecule has 0 aromatic heterocycles. The summed E-state index contributed by atoms with van der Waals surface area (Å²) in [5.74, 6) is -0.153. The molecular weight excluding hydrogens is 190 g/mol. The second-order valence-corrected chi connectivity index (χ2v) is 3.30. The molecule has 0 unspecified atom stereocenters. The quantitative estimate of drug-likeness (QED) is 0.747. The maximum Gasteiger partial charge on any atom is 0.305 e. The molecule has 0 heterocycles. The highest BCUT2D eigenvalue weighted by molar-refractivity contribution is 5.68. The minimum atomic E-state index is -0.153. The number of nitrogens with two attached hydrogens (primary N) is 1. The fourth-order valence-electron chi connectivity index (χ4n) is 1.38. The molecule has 0 spiro atoms. The van der Waals surface area contributed by atoms with Gasteiger partial charge in [-0.25, -0.2) is 0 Å². The van der Waals surface area contributed by atoms with Crippen LogP contribution in [0.1, 0.15) is 24.5 Å². The molecule has 15 heavy (non-hydrogen) atoms. The zero-order chi connectivity index (χ0) is 11.1. The first-order chi connectivity index (χ1) is 7.27. The number of carbonyl (C=O) groups excluding carboxylic acids is 1. The zero-order valence-electron chi connectivity index (χ0n) is 9.03. The van der Waals surface area contributed by atoms with Gasteiger partial charge in [0.05, 0.1) is 6.61 Å². The normalized spacial score (nSPS) is 10.0. The van der Waals surface area contributed by atoms with Crippen LogP contribution >= 0.6 is 0 Å². The molecule has 0 saturated heterocycles. The lowest BCUT2D eigenvalue weighted by atomic mass is 10.1. The first kappa shape index (κ1) is 11.7. The molecule has 0 aliphatic carbocycles. The smallest absolute Gasteiger partial charge is 0.305 e. The Hall–Kier alpha value is -1.35. The zero-order valence-corrected chi connectivity index (χ0v) is 9.03. The number of rotatable bonds is 5. The molecule has 1 aromatic rings. The van der Waals surface area contributed by atoms with Gasteiger partial charge in [0.25, 0.3) is 0 Å². The topological polar surface area (TPSA) is 52.3 Å². The molecule has 0 radical (unpaired) electrons. The molecule has 0 fully saturated rings. The summed E-state index contributed by atoms with van der Waals surface area (Å²) in [5.41, 5.74) is 7.87. The highest BCUT2D eigenvalue weighted by atomic mass is 16.5. The number of carbonyl (C=O) groups is 1. The van der Waals surface area contributed by atoms with Gasteiger partial charge in [-0.2, -0.15) is 0 Å². The van der Waals surface area contributed by atoms with Gasteiger partial charge in [0, 0.05) is 19.4 Å². The number of hydrogen-bond acceptors (Lipinski definition) is 3. The monoisotopic (exact) mass is 207 g/mol. The van der Waals surface area contributed by atoms with E-state index in [2.05, 4.69) is 0 Å². The summed E-state index contributed by atoms with van der Waals surface area (Å²) in [6.07, 6.45) is 1.16. The van der Waals surface area contributed by atoms with Crippen LogP contribution in [-0.2, 0) is 22.5 Å². The van der Waals surface area contributed by atoms with E-state index in [-0.39, 0.29) is 5.97 Å². The van der Waals surface area contributed by atoms with Crippen molar-refractivity contribution in [2.24, 2.45) is 5.73 Å². The molecule has 2 N–H and O–H groups in total. The molecule has 0 bridgehead atoms. The van der Waals surface area contributed by atoms with Crippen LogP contribution in [0.15, 0.2) is 24.3 Å². The summed E-state index contributed by atoms with van der Waals surface area (Å²) < 4.78 is 5.01. The lowest BCUT2D eigenvalue weighted by molar-refractivity contribution is -0.143. The highest BCUT2D eigenvalue weighted by Crippen LogP contribution is 2.08. The second kappa shape index (κ2) is 6.19. The van der Waals surface area contributed by atoms with Gasteiger partial charge < -0.3 is 10.5 Å². The van der Waals surface area contributed by atoms with E-state index in [1.54, 1.807) is 6.92 Å². The van der Waals surface area contributed by atoms with E-state index in [4.69, 9.17) is 10.5 Å². The van der Waals surface area contributed by atoms with Gasteiger partial charge in [0.2, 0.25) is 0 Å². The van der Waals surface area contributed by atoms with Crippen molar-refractivity contribution < 1.29 is 9.53 Å². The van der Waals surface area contributed by atoms with Crippen LogP contribution < -0.4 is 5.73 Å². The van der Waals surface area contributed by atoms with Gasteiger partial charge in [-0.05, 0) is 11.1 Å². The third-order valence-corrected chi connectivity index (χ3v) is 2.26. The van der Waals surface area contributed by atoms with Gasteiger partial charge >= 0.3 is 5.97 Å². The Morgan fingerprint density at radius 1 is 1.33 bits per heavy atom. The summed E-state index contributed by atoms with van der Waals surface area (Å²) in [6.45, 7) is 2.75. The van der Waals surface area contributed by atoms with Crippen molar-refractivity contribution in [2.75, 3.05) is 6.61 Å². The first-order valence-electron chi connectivity index (χ1n) is 5.20. The molecule has 0 saturated carbocycles. The molecular formula is C12H17NO2. The van der Waals surface area contributed by atoms with Crippen LogP contribution in [-0.4, -0.2) is 12.6 Å². The van der Waals surface area contributed by atoms with Crippen LogP contribution in [0.5, 0.6) is 0 Å². The summed E-state index contributed by atoms with van der Waals surface area (Å²) in [6, 6.07) is 7.94. The lowest BCUT2D eigenvalue weighted by Crippen LogP contribution is -2.08. The molecule has 3 nitrogen and oxygen atoms in total. The van der Waals surface area contributed by atoms with Crippen LogP contribution in [0, 0.1) is 0 Å². The average molecular weight is 207 g/mol. The molecule has 0 aliphatic heterocycles. The van der Waals surface area contributed by atoms with E-state index < -0.39 is 0 Å². The Morgan fingerprint density at radius 3 is 2.60 bits per heavy atom. The molecule has 0 aliphatic rings. The number of hydrogen-bond donors (Lipinski definition) is 1. The van der Waals surface area contributed by atoms with Crippen molar-refractivity contribution in [3.8, 4) is 0 Å². The van der Waals surface area contributed by atoms with E-state index in [0.717, 1.165) is 17.5 Å². The van der Waals surface area contributed by atoms with Crippen molar-refractivity contribution in [1.29, 1.82) is 0 Å². The lowest BCUT2D eigenvalue weighted by Gasteiger charge is -2.07. The molecule has 1 aromatic carbocycles. The SMILES string of the molecule is CCC(=O)OCCc1ccccc1CN. The minimum absolute atomic E-state index is 0.153. The van der Waals surface area contributed by atoms with E-state index in [1.807, 2.05) is 24.3 Å². The standard InChI is InChI=1S/C12H17NO2/c1-2-12(14)15-8-7-10-5-3-4-6-11(10)9-13/h3-6H,2,7-9,13H2,1H3. The molecule has 1 rings (SSSR count). The average Bonchev–Trinajstić information content (AvgIpc) is 2.29. The summed E-state index contributed by atoms with van der Waals surface area (Å²) in [4.78, 5) is 10.9. The van der Waals surface area contributed by atoms with Crippen LogP contribution in [0.3, 0.4) is 0 Å². The van der Waals surface area contributed by atoms with Crippen LogP contribution in [0.2, 0.25) is 0 Å². The summed E-state index contributed by atoms with van der Waals surface area (Å²) >= 11 is 0. The molecule has 3 heteroatoms. The Bertz CT molecular complexity index is 323. The third kappa shape index (κ3) is 3.72. The van der Waals surface area contributed by atoms with Gasteiger partial charge in [-0.1, -0.05) is 31.2 Å². The van der Waals surface area contributed by atoms with Crippen LogP contribution in [0.25, 0.3) is 0 Å². The Balaban J connectivity index is 2.46. The number of esters is 1. The van der Waals surface area contributed by atoms with Crippen molar-refractivity contribution in [3.63, 3.8) is 0 Å². The summed E-state index contributed by atoms with van der Waals surface area (Å²) in [5, 5.41) is 0. The highest BCUT2D eigenvalue weighted by Gasteiger charge is 2.02. The van der Waals surface area contributed by atoms with Gasteiger partial charge in [-0.15, -0.1) is 0 Å². The van der Waals surface area contributed by atoms with Gasteiger partial charge in [0.1, 0.15) is 0 Å². The second-order valence-electron chi connectivity index (χ2n) is 3.30. The Morgan fingerprint density at radius 2 is 2.00 bits per heavy atom. The Labute approximate surface area is 90.2 Å². The summed E-state index contributed by atoms with van der Waals surface area (Å²) in [7, 11) is 0. The maximum atomic E-state index is 10.9. The number of benzene rings is 1. The van der Waals surface area contributed by atoms with Gasteiger partial charge in [0.15, 0.2) is 0 Å². The molecule has 0 atom stereocenters. The largest absolute Gasteiger partial charge is 0.465 e. The van der Waals surface area contributed by atoms with E-state index in [9.17, 15) is 4.79 Å². The van der Waals surface area contributed by atoms with Crippen LogP contribution in [0.4, 0.5) is 0 Å². The predicted molar refractivity (Wildman–Crippen MR) is 59.3 cm³/mol.